The Morgan fingerprint density at radius 1 is 0.667 bits per heavy atom. The Labute approximate surface area is 526 Å². The van der Waals surface area contributed by atoms with Gasteiger partial charge in [0.05, 0.1) is 43.6 Å². The SMILES string of the molecule is C/C=C1/NC(=O)C([C@H](C)O)NC(=O)[C@H](CCN)NC(=O)C([C@H](O)C(=O)O)NC(=O)C(CCCCN)NC(=O)[C@H](CC(=O)O)NC(=O)C(CCN)NC(=O)C(NC(=O)C[C@@H](O)c2cccc(OCCCCCCCCCCC)c2)COC(=O)C([C@H](O)CCl)NC1=O. The number of ether oxygens (including phenoxy) is 2. The molecule has 0 aliphatic carbocycles. The van der Waals surface area contributed by atoms with Crippen molar-refractivity contribution in [1.29, 1.82) is 0 Å². The normalized spacial score (nSPS) is 23.5. The molecule has 6 unspecified atom stereocenters. The molecule has 1 saturated heterocycles. The number of aliphatic carboxylic acids is 2. The number of carboxylic acids is 2. The van der Waals surface area contributed by atoms with Gasteiger partial charge in [0, 0.05) is 0 Å². The highest BCUT2D eigenvalue weighted by Gasteiger charge is 2.40. The van der Waals surface area contributed by atoms with E-state index in [1.807, 2.05) is 5.32 Å². The lowest BCUT2D eigenvalue weighted by molar-refractivity contribution is -0.153. The molecule has 1 fully saturated rings. The molecule has 1 heterocycles. The van der Waals surface area contributed by atoms with E-state index in [1.165, 1.54) is 44.7 Å². The standard InChI is InChI=1S/C57H91ClN12O20/c1-4-6-7-8-9-10-11-12-15-25-89-33-18-16-17-32(26-33)40(72)28-42(74)62-39-30-90-57(88)45(41(73)29-58)69-48(78)34(5-2)63-54(84)44(31(3)71)68-51(81)37(21-24-61)66-55(85)46(47(77)56(86)87)70-50(80)35(19-13-14-22-59)64-52(82)38(27-43(75)76)67-49(79)36(20-23-60)65-53(39)83/h5,16-18,26,31,35-41,44-47,71-73,77H,4,6-15,19-25,27-30,59-61H2,1-3H3,(H,62,74)(H,63,84)(H,64,82)(H,65,83)(H,66,85)(H,67,79)(H,68,81)(H,69,78)(H,70,80)(H,75,76)(H,86,87)/b34-5+/t31-,35?,36?,37-,38-,39?,40+,41+,44?,45?,46?,47-/m0/s1. The third kappa shape index (κ3) is 28.1. The second-order valence-corrected chi connectivity index (χ2v) is 21.7. The highest BCUT2D eigenvalue weighted by atomic mass is 35.5. The summed E-state index contributed by atoms with van der Waals surface area (Å²) >= 11 is 5.92. The number of allylic oxidation sites excluding steroid dienone is 1. The molecule has 0 radical (unpaired) electrons. The van der Waals surface area contributed by atoms with Gasteiger partial charge in [0.1, 0.15) is 60.3 Å². The van der Waals surface area contributed by atoms with Crippen LogP contribution < -0.4 is 69.8 Å². The lowest BCUT2D eigenvalue weighted by atomic mass is 10.0. The van der Waals surface area contributed by atoms with E-state index in [4.69, 9.17) is 38.3 Å². The predicted molar refractivity (Wildman–Crippen MR) is 322 cm³/mol. The number of amides is 9. The van der Waals surface area contributed by atoms with Crippen molar-refractivity contribution in [3.63, 3.8) is 0 Å². The number of carboxylic acid groups (broad SMARTS) is 2. The molecule has 1 aromatic carbocycles. The predicted octanol–water partition coefficient (Wildman–Crippen LogP) is -3.80. The minimum atomic E-state index is -2.78. The molecule has 0 spiro atoms. The maximum absolute atomic E-state index is 14.3. The number of rotatable bonds is 30. The average molecular weight is 1300 g/mol. The lowest BCUT2D eigenvalue weighted by Gasteiger charge is -2.29. The summed E-state index contributed by atoms with van der Waals surface area (Å²) < 4.78 is 11.3. The van der Waals surface area contributed by atoms with Crippen LogP contribution in [0.25, 0.3) is 0 Å². The minimum Gasteiger partial charge on any atom is -0.494 e. The van der Waals surface area contributed by atoms with Gasteiger partial charge in [-0.3, -0.25) is 47.9 Å². The monoisotopic (exact) mass is 1300 g/mol. The summed E-state index contributed by atoms with van der Waals surface area (Å²) in [4.78, 5) is 164. The van der Waals surface area contributed by atoms with Crippen LogP contribution in [0.4, 0.5) is 0 Å². The van der Waals surface area contributed by atoms with E-state index in [0.29, 0.717) is 12.4 Å². The number of aliphatic hydroxyl groups excluding tert-OH is 4. The molecule has 1 aliphatic rings. The van der Waals surface area contributed by atoms with Gasteiger partial charge in [0.2, 0.25) is 47.3 Å². The first-order valence-electron chi connectivity index (χ1n) is 29.9. The Morgan fingerprint density at radius 3 is 1.77 bits per heavy atom. The maximum Gasteiger partial charge on any atom is 0.335 e. The number of alkyl halides is 1. The van der Waals surface area contributed by atoms with Crippen molar-refractivity contribution in [2.24, 2.45) is 17.2 Å². The largest absolute Gasteiger partial charge is 0.494 e. The summed E-state index contributed by atoms with van der Waals surface area (Å²) in [6.07, 6.45) is -0.304. The zero-order chi connectivity index (χ0) is 67.5. The highest BCUT2D eigenvalue weighted by molar-refractivity contribution is 6.18. The fraction of sp³-hybridized carbons (Fsp3) is 0.649. The van der Waals surface area contributed by atoms with E-state index in [0.717, 1.165) is 45.1 Å². The summed E-state index contributed by atoms with van der Waals surface area (Å²) in [6, 6.07) is -9.95. The number of hydrogen-bond acceptors (Lipinski definition) is 21. The van der Waals surface area contributed by atoms with Crippen LogP contribution in [0, 0.1) is 0 Å². The van der Waals surface area contributed by atoms with Crippen molar-refractivity contribution in [2.75, 3.05) is 38.7 Å². The Bertz CT molecular complexity index is 2580. The Hall–Kier alpha value is -7.59. The van der Waals surface area contributed by atoms with Crippen LogP contribution >= 0.6 is 11.6 Å². The first kappa shape index (κ1) is 78.5. The molecule has 32 nitrogen and oxygen atoms in total. The van der Waals surface area contributed by atoms with Gasteiger partial charge in [-0.15, -0.1) is 11.6 Å². The molecular formula is C57H91ClN12O20. The van der Waals surface area contributed by atoms with Crippen molar-refractivity contribution < 1.29 is 97.6 Å². The van der Waals surface area contributed by atoms with E-state index in [1.54, 1.807) is 12.1 Å². The Morgan fingerprint density at radius 2 is 1.21 bits per heavy atom. The minimum absolute atomic E-state index is 0.0340. The zero-order valence-electron chi connectivity index (χ0n) is 50.9. The number of carbonyl (C=O) groups excluding carboxylic acids is 10. The summed E-state index contributed by atoms with van der Waals surface area (Å²) in [5.74, 6) is -17.6. The van der Waals surface area contributed by atoms with Crippen LogP contribution in [0.2, 0.25) is 0 Å². The number of carbonyl (C=O) groups is 12. The number of benzene rings is 1. The number of hydrogen-bond donors (Lipinski definition) is 18. The van der Waals surface area contributed by atoms with E-state index in [2.05, 4.69) is 49.5 Å². The summed E-state index contributed by atoms with van der Waals surface area (Å²) in [5, 5.41) is 82.9. The topological polar surface area (TPSA) is 531 Å². The van der Waals surface area contributed by atoms with Crippen molar-refractivity contribution in [1.82, 2.24) is 47.9 Å². The van der Waals surface area contributed by atoms with Crippen molar-refractivity contribution >= 4 is 82.7 Å². The number of unbranched alkanes of at least 4 members (excludes halogenated alkanes) is 9. The summed E-state index contributed by atoms with van der Waals surface area (Å²) in [5.41, 5.74) is 16.7. The van der Waals surface area contributed by atoms with Crippen LogP contribution in [0.5, 0.6) is 5.75 Å². The van der Waals surface area contributed by atoms with Gasteiger partial charge in [-0.2, -0.15) is 0 Å². The number of nitrogens with one attached hydrogen (secondary N) is 9. The van der Waals surface area contributed by atoms with Gasteiger partial charge in [-0.05, 0) is 89.7 Å². The van der Waals surface area contributed by atoms with E-state index < -0.39 is 201 Å². The molecule has 0 saturated carbocycles. The molecule has 2 rings (SSSR count). The molecule has 9 amide bonds. The Balaban J connectivity index is 2.74. The average Bonchev–Trinajstić information content (AvgIpc) is 3.49. The van der Waals surface area contributed by atoms with Gasteiger partial charge < -0.3 is 105 Å². The molecule has 33 heteroatoms. The molecule has 0 bridgehead atoms. The number of cyclic esters (lactones) is 1. The molecule has 506 valence electrons. The van der Waals surface area contributed by atoms with Gasteiger partial charge in [-0.1, -0.05) is 76.5 Å². The first-order valence-corrected chi connectivity index (χ1v) is 30.4. The lowest BCUT2D eigenvalue weighted by Crippen LogP contribution is -2.63. The van der Waals surface area contributed by atoms with Crippen LogP contribution in [0.15, 0.2) is 36.0 Å². The fourth-order valence-electron chi connectivity index (χ4n) is 8.93. The third-order valence-electron chi connectivity index (χ3n) is 14.0. The van der Waals surface area contributed by atoms with Crippen molar-refractivity contribution in [3.8, 4) is 5.75 Å². The van der Waals surface area contributed by atoms with Gasteiger partial charge >= 0.3 is 17.9 Å². The number of aliphatic hydroxyl groups is 4. The molecule has 1 aliphatic heterocycles. The second-order valence-electron chi connectivity index (χ2n) is 21.4. The number of esters is 1. The van der Waals surface area contributed by atoms with Crippen molar-refractivity contribution in [2.45, 2.75) is 196 Å². The maximum atomic E-state index is 14.3. The quantitative estimate of drug-likeness (QED) is 0.0152. The smallest absolute Gasteiger partial charge is 0.335 e. The molecule has 1 aromatic rings. The first-order chi connectivity index (χ1) is 42.8. The van der Waals surface area contributed by atoms with Gasteiger partial charge in [0.15, 0.2) is 12.1 Å². The van der Waals surface area contributed by atoms with Crippen LogP contribution in [0.1, 0.15) is 135 Å². The van der Waals surface area contributed by atoms with Gasteiger partial charge in [0.25, 0.3) is 5.91 Å². The number of nitrogens with two attached hydrogens (primary N) is 3. The number of halogens is 1. The molecular weight excluding hydrogens is 1210 g/mol. The van der Waals surface area contributed by atoms with Crippen LogP contribution in [-0.4, -0.2) is 207 Å². The van der Waals surface area contributed by atoms with Crippen LogP contribution in [0.3, 0.4) is 0 Å². The summed E-state index contributed by atoms with van der Waals surface area (Å²) in [6.45, 7) is 2.89. The van der Waals surface area contributed by atoms with Crippen LogP contribution in [-0.2, 0) is 62.3 Å². The molecule has 90 heavy (non-hydrogen) atoms. The zero-order valence-corrected chi connectivity index (χ0v) is 51.6. The van der Waals surface area contributed by atoms with E-state index in [-0.39, 0.29) is 31.4 Å². The fourth-order valence-corrected chi connectivity index (χ4v) is 9.11. The molecule has 0 aromatic heterocycles. The van der Waals surface area contributed by atoms with Gasteiger partial charge in [-0.25, -0.2) is 9.59 Å². The van der Waals surface area contributed by atoms with E-state index >= 15 is 0 Å². The molecule has 21 N–H and O–H groups in total. The van der Waals surface area contributed by atoms with Crippen molar-refractivity contribution in [3.05, 3.63) is 41.6 Å². The third-order valence-corrected chi connectivity index (χ3v) is 14.4. The highest BCUT2D eigenvalue weighted by Crippen LogP contribution is 2.23. The second kappa shape index (κ2) is 42.4. The molecule has 12 atom stereocenters. The Kier molecular flexibility index (Phi) is 37.0. The summed E-state index contributed by atoms with van der Waals surface area (Å²) in [7, 11) is 0. The van der Waals surface area contributed by atoms with E-state index in [9.17, 15) is 88.2 Å².